The van der Waals surface area contributed by atoms with Gasteiger partial charge in [0.1, 0.15) is 0 Å². The first-order valence-corrected chi connectivity index (χ1v) is 7.86. The second-order valence-corrected chi connectivity index (χ2v) is 6.05. The van der Waals surface area contributed by atoms with Crippen LogP contribution in [0.5, 0.6) is 0 Å². The molecule has 0 saturated carbocycles. The van der Waals surface area contributed by atoms with E-state index in [2.05, 4.69) is 24.1 Å². The molecule has 1 saturated heterocycles. The van der Waals surface area contributed by atoms with Crippen LogP contribution in [-0.4, -0.2) is 25.2 Å². The minimum Gasteiger partial charge on any atom is -0.364 e. The van der Waals surface area contributed by atoms with E-state index in [1.165, 1.54) is 12.8 Å². The van der Waals surface area contributed by atoms with Gasteiger partial charge in [-0.1, -0.05) is 43.5 Å². The van der Waals surface area contributed by atoms with Crippen molar-refractivity contribution in [3.63, 3.8) is 0 Å². The van der Waals surface area contributed by atoms with E-state index >= 15 is 0 Å². The van der Waals surface area contributed by atoms with Crippen LogP contribution < -0.4 is 10.2 Å². The highest BCUT2D eigenvalue weighted by Crippen LogP contribution is 2.32. The van der Waals surface area contributed by atoms with E-state index in [-0.39, 0.29) is 0 Å². The Morgan fingerprint density at radius 1 is 1.32 bits per heavy atom. The van der Waals surface area contributed by atoms with Crippen molar-refractivity contribution < 1.29 is 0 Å². The maximum Gasteiger partial charge on any atom is 0.0640 e. The Bertz CT molecular complexity index is 423. The Balaban J connectivity index is 2.24. The molecule has 0 amide bonds. The second kappa shape index (κ2) is 6.83. The molecule has 1 heterocycles. The molecule has 106 valence electrons. The predicted molar refractivity (Wildman–Crippen MR) is 84.6 cm³/mol. The first kappa shape index (κ1) is 15.0. The maximum atomic E-state index is 6.36. The third kappa shape index (κ3) is 3.56. The lowest BCUT2D eigenvalue weighted by atomic mass is 10.0. The Kier molecular flexibility index (Phi) is 5.37. The molecule has 1 N–H and O–H groups in total. The molecule has 1 aromatic rings. The zero-order valence-corrected chi connectivity index (χ0v) is 13.1. The van der Waals surface area contributed by atoms with Crippen molar-refractivity contribution in [2.24, 2.45) is 0 Å². The molecule has 2 atom stereocenters. The van der Waals surface area contributed by atoms with Gasteiger partial charge in [0, 0.05) is 30.2 Å². The number of piperazine rings is 1. The second-order valence-electron chi connectivity index (χ2n) is 5.20. The lowest BCUT2D eigenvalue weighted by molar-refractivity contribution is 0.369. The fourth-order valence-corrected chi connectivity index (χ4v) is 3.16. The molecule has 0 aliphatic carbocycles. The van der Waals surface area contributed by atoms with Gasteiger partial charge in [0.05, 0.1) is 10.7 Å². The molecule has 2 nitrogen and oxygen atoms in total. The number of nitrogens with zero attached hydrogens (tertiary/aromatic N) is 1. The molecule has 0 aromatic heterocycles. The van der Waals surface area contributed by atoms with Gasteiger partial charge in [-0.25, -0.2) is 0 Å². The van der Waals surface area contributed by atoms with Crippen LogP contribution in [0.25, 0.3) is 0 Å². The summed E-state index contributed by atoms with van der Waals surface area (Å²) in [6.45, 7) is 6.47. The molecule has 1 aliphatic rings. The minimum absolute atomic E-state index is 0.490. The summed E-state index contributed by atoms with van der Waals surface area (Å²) in [5.41, 5.74) is 1.07. The quantitative estimate of drug-likeness (QED) is 0.889. The van der Waals surface area contributed by atoms with Crippen LogP contribution >= 0.6 is 23.2 Å². The SMILES string of the molecule is CCCC1CN(c2cc(Cl)ccc2Cl)C(CC)CN1. The molecule has 1 fully saturated rings. The van der Waals surface area contributed by atoms with E-state index < -0.39 is 0 Å². The number of benzene rings is 1. The van der Waals surface area contributed by atoms with Crippen LogP contribution in [0.15, 0.2) is 18.2 Å². The van der Waals surface area contributed by atoms with E-state index in [4.69, 9.17) is 23.2 Å². The number of halogens is 2. The molecule has 19 heavy (non-hydrogen) atoms. The van der Waals surface area contributed by atoms with Gasteiger partial charge in [-0.15, -0.1) is 0 Å². The van der Waals surface area contributed by atoms with Gasteiger partial charge < -0.3 is 10.2 Å². The number of hydrogen-bond donors (Lipinski definition) is 1. The summed E-state index contributed by atoms with van der Waals surface area (Å²) in [6, 6.07) is 6.76. The standard InChI is InChI=1S/C15H22Cl2N2/c1-3-5-12-10-19(13(4-2)9-18-12)15-8-11(16)6-7-14(15)17/h6-8,12-13,18H,3-5,9-10H2,1-2H3. The lowest BCUT2D eigenvalue weighted by Gasteiger charge is -2.42. The van der Waals surface area contributed by atoms with E-state index in [9.17, 15) is 0 Å². The Morgan fingerprint density at radius 3 is 2.79 bits per heavy atom. The summed E-state index contributed by atoms with van der Waals surface area (Å²) in [7, 11) is 0. The Morgan fingerprint density at radius 2 is 2.11 bits per heavy atom. The summed E-state index contributed by atoms with van der Waals surface area (Å²) in [6.07, 6.45) is 3.51. The number of anilines is 1. The van der Waals surface area contributed by atoms with Gasteiger partial charge in [0.15, 0.2) is 0 Å². The van der Waals surface area contributed by atoms with Crippen molar-refractivity contribution in [1.29, 1.82) is 0 Å². The first-order valence-electron chi connectivity index (χ1n) is 7.10. The normalized spacial score (nSPS) is 23.7. The molecule has 1 aromatic carbocycles. The van der Waals surface area contributed by atoms with Crippen molar-refractivity contribution in [1.82, 2.24) is 5.32 Å². The molecule has 0 radical (unpaired) electrons. The number of nitrogens with one attached hydrogen (secondary N) is 1. The van der Waals surface area contributed by atoms with Crippen LogP contribution in [0.1, 0.15) is 33.1 Å². The highest BCUT2D eigenvalue weighted by Gasteiger charge is 2.27. The van der Waals surface area contributed by atoms with Crippen molar-refractivity contribution in [3.05, 3.63) is 28.2 Å². The fourth-order valence-electron chi connectivity index (χ4n) is 2.77. The molecule has 1 aliphatic heterocycles. The summed E-state index contributed by atoms with van der Waals surface area (Å²) < 4.78 is 0. The van der Waals surface area contributed by atoms with Crippen molar-refractivity contribution in [2.45, 2.75) is 45.2 Å². The Labute approximate surface area is 126 Å². The Hall–Kier alpha value is -0.440. The van der Waals surface area contributed by atoms with E-state index in [0.717, 1.165) is 35.2 Å². The summed E-state index contributed by atoms with van der Waals surface area (Å²) in [5.74, 6) is 0. The topological polar surface area (TPSA) is 15.3 Å². The molecule has 0 spiro atoms. The molecular formula is C15H22Cl2N2. The minimum atomic E-state index is 0.490. The summed E-state index contributed by atoms with van der Waals surface area (Å²) >= 11 is 12.5. The summed E-state index contributed by atoms with van der Waals surface area (Å²) in [5, 5.41) is 5.18. The monoisotopic (exact) mass is 300 g/mol. The molecule has 0 bridgehead atoms. The van der Waals surface area contributed by atoms with Gasteiger partial charge in [0.25, 0.3) is 0 Å². The smallest absolute Gasteiger partial charge is 0.0640 e. The van der Waals surface area contributed by atoms with Gasteiger partial charge in [-0.3, -0.25) is 0 Å². The van der Waals surface area contributed by atoms with Crippen LogP contribution in [0.2, 0.25) is 10.0 Å². The lowest BCUT2D eigenvalue weighted by Crippen LogP contribution is -2.56. The highest BCUT2D eigenvalue weighted by molar-refractivity contribution is 6.35. The zero-order chi connectivity index (χ0) is 13.8. The maximum absolute atomic E-state index is 6.36. The predicted octanol–water partition coefficient (Wildman–Crippen LogP) is 4.35. The largest absolute Gasteiger partial charge is 0.364 e. The van der Waals surface area contributed by atoms with Crippen LogP contribution in [0.3, 0.4) is 0 Å². The van der Waals surface area contributed by atoms with Gasteiger partial charge >= 0.3 is 0 Å². The van der Waals surface area contributed by atoms with E-state index in [0.29, 0.717) is 12.1 Å². The zero-order valence-electron chi connectivity index (χ0n) is 11.6. The van der Waals surface area contributed by atoms with Gasteiger partial charge in [-0.05, 0) is 31.0 Å². The van der Waals surface area contributed by atoms with E-state index in [1.807, 2.05) is 18.2 Å². The van der Waals surface area contributed by atoms with Crippen LogP contribution in [0, 0.1) is 0 Å². The first-order chi connectivity index (χ1) is 9.15. The molecule has 4 heteroatoms. The number of hydrogen-bond acceptors (Lipinski definition) is 2. The summed E-state index contributed by atoms with van der Waals surface area (Å²) in [4.78, 5) is 2.42. The van der Waals surface area contributed by atoms with Gasteiger partial charge in [0.2, 0.25) is 0 Å². The molecule has 2 unspecified atom stereocenters. The third-order valence-corrected chi connectivity index (χ3v) is 4.38. The molecular weight excluding hydrogens is 279 g/mol. The van der Waals surface area contributed by atoms with Crippen molar-refractivity contribution in [3.8, 4) is 0 Å². The van der Waals surface area contributed by atoms with E-state index in [1.54, 1.807) is 0 Å². The van der Waals surface area contributed by atoms with Crippen LogP contribution in [-0.2, 0) is 0 Å². The van der Waals surface area contributed by atoms with Gasteiger partial charge in [-0.2, -0.15) is 0 Å². The highest BCUT2D eigenvalue weighted by atomic mass is 35.5. The average molecular weight is 301 g/mol. The van der Waals surface area contributed by atoms with Crippen molar-refractivity contribution in [2.75, 3.05) is 18.0 Å². The fraction of sp³-hybridized carbons (Fsp3) is 0.600. The molecule has 2 rings (SSSR count). The third-order valence-electron chi connectivity index (χ3n) is 3.83. The average Bonchev–Trinajstić information content (AvgIpc) is 2.42. The number of rotatable bonds is 4. The van der Waals surface area contributed by atoms with Crippen LogP contribution in [0.4, 0.5) is 5.69 Å². The van der Waals surface area contributed by atoms with Crippen molar-refractivity contribution >= 4 is 28.9 Å².